The zero-order valence-electron chi connectivity index (χ0n) is 12.3. The highest BCUT2D eigenvalue weighted by Crippen LogP contribution is 2.20. The Kier molecular flexibility index (Phi) is 6.77. The van der Waals surface area contributed by atoms with Gasteiger partial charge in [0, 0.05) is 38.6 Å². The Morgan fingerprint density at radius 3 is 2.63 bits per heavy atom. The highest BCUT2D eigenvalue weighted by Gasteiger charge is 2.18. The van der Waals surface area contributed by atoms with E-state index in [0.29, 0.717) is 19.8 Å². The minimum atomic E-state index is 0.222. The summed E-state index contributed by atoms with van der Waals surface area (Å²) < 4.78 is 10.4. The number of ether oxygens (including phenoxy) is 2. The molecule has 108 valence electrons. The molecule has 1 atom stereocenters. The van der Waals surface area contributed by atoms with Crippen molar-refractivity contribution in [2.45, 2.75) is 26.4 Å². The fourth-order valence-electron chi connectivity index (χ4n) is 2.04. The smallest absolute Gasteiger partial charge is 0.133 e. The molecule has 0 aliphatic carbocycles. The maximum absolute atomic E-state index is 5.81. The van der Waals surface area contributed by atoms with Crippen molar-refractivity contribution in [2.75, 3.05) is 38.9 Å². The Hall–Kier alpha value is -1.17. The van der Waals surface area contributed by atoms with Crippen LogP contribution in [0.3, 0.4) is 0 Å². The van der Waals surface area contributed by atoms with Gasteiger partial charge in [0.25, 0.3) is 0 Å². The molecule has 0 aliphatic rings. The summed E-state index contributed by atoms with van der Waals surface area (Å²) in [5.74, 6) is 0.934. The van der Waals surface area contributed by atoms with Crippen LogP contribution in [0.4, 0.5) is 5.82 Å². The SMILES string of the molecule is COCCN(c1nc(C)ccc1CN)C(C)COC. The van der Waals surface area contributed by atoms with Crippen LogP contribution in [0.5, 0.6) is 0 Å². The molecule has 1 heterocycles. The first kappa shape index (κ1) is 15.9. The van der Waals surface area contributed by atoms with Gasteiger partial charge in [-0.3, -0.25) is 0 Å². The number of anilines is 1. The maximum Gasteiger partial charge on any atom is 0.133 e. The summed E-state index contributed by atoms with van der Waals surface area (Å²) in [4.78, 5) is 6.83. The van der Waals surface area contributed by atoms with Crippen molar-refractivity contribution in [2.24, 2.45) is 5.73 Å². The van der Waals surface area contributed by atoms with Crippen molar-refractivity contribution in [3.8, 4) is 0 Å². The predicted molar refractivity (Wildman–Crippen MR) is 77.4 cm³/mol. The summed E-state index contributed by atoms with van der Waals surface area (Å²) in [6.45, 7) is 6.63. The Labute approximate surface area is 115 Å². The lowest BCUT2D eigenvalue weighted by Crippen LogP contribution is -2.40. The van der Waals surface area contributed by atoms with Crippen LogP contribution in [0.15, 0.2) is 12.1 Å². The van der Waals surface area contributed by atoms with E-state index in [4.69, 9.17) is 15.2 Å². The first-order valence-electron chi connectivity index (χ1n) is 6.55. The molecule has 2 N–H and O–H groups in total. The summed E-state index contributed by atoms with van der Waals surface area (Å²) >= 11 is 0. The topological polar surface area (TPSA) is 60.6 Å². The van der Waals surface area contributed by atoms with Crippen molar-refractivity contribution < 1.29 is 9.47 Å². The second kappa shape index (κ2) is 8.09. The molecular formula is C14H25N3O2. The minimum Gasteiger partial charge on any atom is -0.383 e. The largest absolute Gasteiger partial charge is 0.383 e. The number of aryl methyl sites for hydroxylation is 1. The molecule has 1 aromatic heterocycles. The molecule has 0 saturated carbocycles. The van der Waals surface area contributed by atoms with Gasteiger partial charge in [-0.1, -0.05) is 6.07 Å². The highest BCUT2D eigenvalue weighted by molar-refractivity contribution is 5.48. The maximum atomic E-state index is 5.81. The molecule has 0 radical (unpaired) electrons. The van der Waals surface area contributed by atoms with Crippen LogP contribution >= 0.6 is 0 Å². The molecule has 5 heteroatoms. The van der Waals surface area contributed by atoms with E-state index in [-0.39, 0.29) is 6.04 Å². The van der Waals surface area contributed by atoms with Crippen molar-refractivity contribution >= 4 is 5.82 Å². The minimum absolute atomic E-state index is 0.222. The van der Waals surface area contributed by atoms with E-state index >= 15 is 0 Å². The van der Waals surface area contributed by atoms with Gasteiger partial charge >= 0.3 is 0 Å². The summed E-state index contributed by atoms with van der Waals surface area (Å²) in [6.07, 6.45) is 0. The number of aromatic nitrogens is 1. The number of pyridine rings is 1. The van der Waals surface area contributed by atoms with E-state index in [2.05, 4.69) is 16.8 Å². The van der Waals surface area contributed by atoms with Crippen LogP contribution in [-0.4, -0.2) is 45.0 Å². The monoisotopic (exact) mass is 267 g/mol. The van der Waals surface area contributed by atoms with E-state index in [1.807, 2.05) is 19.1 Å². The zero-order chi connectivity index (χ0) is 14.3. The van der Waals surface area contributed by atoms with Crippen LogP contribution in [0.1, 0.15) is 18.2 Å². The number of hydrogen-bond donors (Lipinski definition) is 1. The van der Waals surface area contributed by atoms with E-state index in [1.54, 1.807) is 14.2 Å². The van der Waals surface area contributed by atoms with Crippen LogP contribution in [-0.2, 0) is 16.0 Å². The number of nitrogens with two attached hydrogens (primary N) is 1. The van der Waals surface area contributed by atoms with E-state index in [1.165, 1.54) is 0 Å². The van der Waals surface area contributed by atoms with Crippen molar-refractivity contribution in [3.63, 3.8) is 0 Å². The molecule has 0 fully saturated rings. The third kappa shape index (κ3) is 4.45. The van der Waals surface area contributed by atoms with Crippen LogP contribution in [0.2, 0.25) is 0 Å². The first-order chi connectivity index (χ1) is 9.13. The Morgan fingerprint density at radius 2 is 2.05 bits per heavy atom. The lowest BCUT2D eigenvalue weighted by molar-refractivity contribution is 0.170. The van der Waals surface area contributed by atoms with Crippen LogP contribution in [0.25, 0.3) is 0 Å². The molecule has 0 saturated heterocycles. The lowest BCUT2D eigenvalue weighted by Gasteiger charge is -2.31. The summed E-state index contributed by atoms with van der Waals surface area (Å²) in [7, 11) is 3.41. The second-order valence-electron chi connectivity index (χ2n) is 4.63. The van der Waals surface area contributed by atoms with E-state index in [9.17, 15) is 0 Å². The third-order valence-electron chi connectivity index (χ3n) is 3.06. The molecule has 0 aromatic carbocycles. The number of hydrogen-bond acceptors (Lipinski definition) is 5. The summed E-state index contributed by atoms with van der Waals surface area (Å²) in [5.41, 5.74) is 7.84. The predicted octanol–water partition coefficient (Wildman–Crippen LogP) is 1.34. The van der Waals surface area contributed by atoms with Gasteiger partial charge in [0.15, 0.2) is 0 Å². The van der Waals surface area contributed by atoms with Gasteiger partial charge in [-0.2, -0.15) is 0 Å². The molecule has 19 heavy (non-hydrogen) atoms. The van der Waals surface area contributed by atoms with Gasteiger partial charge in [0.05, 0.1) is 19.3 Å². The summed E-state index contributed by atoms with van der Waals surface area (Å²) in [5, 5.41) is 0. The molecule has 0 bridgehead atoms. The molecule has 5 nitrogen and oxygen atoms in total. The zero-order valence-corrected chi connectivity index (χ0v) is 12.3. The summed E-state index contributed by atoms with van der Waals surface area (Å²) in [6, 6.07) is 4.25. The molecule has 0 aliphatic heterocycles. The van der Waals surface area contributed by atoms with Gasteiger partial charge in [-0.05, 0) is 19.9 Å². The first-order valence-corrected chi connectivity index (χ1v) is 6.55. The van der Waals surface area contributed by atoms with E-state index in [0.717, 1.165) is 23.6 Å². The van der Waals surface area contributed by atoms with Gasteiger partial charge in [0.1, 0.15) is 5.82 Å². The molecule has 0 amide bonds. The molecule has 1 rings (SSSR count). The molecule has 1 unspecified atom stereocenters. The Bertz CT molecular complexity index is 385. The lowest BCUT2D eigenvalue weighted by atomic mass is 10.2. The standard InChI is InChI=1S/C14H25N3O2/c1-11-5-6-13(9-15)14(16-11)17(7-8-18-3)12(2)10-19-4/h5-6,12H,7-10,15H2,1-4H3. The van der Waals surface area contributed by atoms with E-state index < -0.39 is 0 Å². The average Bonchev–Trinajstić information content (AvgIpc) is 2.40. The molecule has 1 aromatic rings. The van der Waals surface area contributed by atoms with Gasteiger partial charge in [-0.25, -0.2) is 4.98 Å². The van der Waals surface area contributed by atoms with Gasteiger partial charge < -0.3 is 20.1 Å². The van der Waals surface area contributed by atoms with Gasteiger partial charge in [0.2, 0.25) is 0 Å². The van der Waals surface area contributed by atoms with Crippen LogP contribution < -0.4 is 10.6 Å². The highest BCUT2D eigenvalue weighted by atomic mass is 16.5. The van der Waals surface area contributed by atoms with Crippen molar-refractivity contribution in [3.05, 3.63) is 23.4 Å². The molecule has 0 spiro atoms. The van der Waals surface area contributed by atoms with Crippen molar-refractivity contribution in [1.29, 1.82) is 0 Å². The van der Waals surface area contributed by atoms with Gasteiger partial charge in [-0.15, -0.1) is 0 Å². The number of rotatable bonds is 8. The number of methoxy groups -OCH3 is 2. The normalized spacial score (nSPS) is 12.5. The number of nitrogens with zero attached hydrogens (tertiary/aromatic N) is 2. The Morgan fingerprint density at radius 1 is 1.32 bits per heavy atom. The van der Waals surface area contributed by atoms with Crippen molar-refractivity contribution in [1.82, 2.24) is 4.98 Å². The second-order valence-corrected chi connectivity index (χ2v) is 4.63. The third-order valence-corrected chi connectivity index (χ3v) is 3.06. The fourth-order valence-corrected chi connectivity index (χ4v) is 2.04. The molecular weight excluding hydrogens is 242 g/mol. The Balaban J connectivity index is 3.04. The quantitative estimate of drug-likeness (QED) is 0.770. The van der Waals surface area contributed by atoms with Crippen LogP contribution in [0, 0.1) is 6.92 Å². The average molecular weight is 267 g/mol. The fraction of sp³-hybridized carbons (Fsp3) is 0.643.